The van der Waals surface area contributed by atoms with Crippen LogP contribution in [0, 0.1) is 0 Å². The van der Waals surface area contributed by atoms with E-state index in [-0.39, 0.29) is 12.1 Å². The van der Waals surface area contributed by atoms with E-state index in [2.05, 4.69) is 10.4 Å². The minimum Gasteiger partial charge on any atom is -0.383 e. The molecule has 5 N–H and O–H groups in total. The number of anilines is 1. The molecule has 5 nitrogen and oxygen atoms in total. The second-order valence-electron chi connectivity index (χ2n) is 3.69. The van der Waals surface area contributed by atoms with Gasteiger partial charge in [-0.1, -0.05) is 6.07 Å². The van der Waals surface area contributed by atoms with Crippen molar-refractivity contribution in [1.82, 2.24) is 10.4 Å². The van der Waals surface area contributed by atoms with Crippen LogP contribution < -0.4 is 17.0 Å². The first-order valence-electron chi connectivity index (χ1n) is 5.46. The average Bonchev–Trinajstić information content (AvgIpc) is 2.28. The van der Waals surface area contributed by atoms with Gasteiger partial charge in [-0.3, -0.25) is 11.3 Å². The molecule has 0 saturated heterocycles. The van der Waals surface area contributed by atoms with Gasteiger partial charge in [-0.05, 0) is 31.9 Å². The van der Waals surface area contributed by atoms with Gasteiger partial charge < -0.3 is 10.5 Å². The zero-order chi connectivity index (χ0) is 12.0. The van der Waals surface area contributed by atoms with Crippen LogP contribution in [0.5, 0.6) is 0 Å². The molecule has 0 bridgehead atoms. The van der Waals surface area contributed by atoms with E-state index in [1.807, 2.05) is 26.0 Å². The Labute approximate surface area is 96.2 Å². The van der Waals surface area contributed by atoms with Crippen LogP contribution in [0.2, 0.25) is 0 Å². The molecule has 5 heteroatoms. The van der Waals surface area contributed by atoms with Gasteiger partial charge in [-0.25, -0.2) is 4.98 Å². The van der Waals surface area contributed by atoms with Gasteiger partial charge in [0.1, 0.15) is 5.82 Å². The van der Waals surface area contributed by atoms with Crippen molar-refractivity contribution >= 4 is 5.82 Å². The number of hydrazine groups is 1. The molecule has 1 heterocycles. The molecule has 0 amide bonds. The summed E-state index contributed by atoms with van der Waals surface area (Å²) in [5.74, 6) is 6.06. The number of ether oxygens (including phenoxy) is 1. The molecule has 16 heavy (non-hydrogen) atoms. The summed E-state index contributed by atoms with van der Waals surface area (Å²) in [6, 6.07) is 3.85. The SMILES string of the molecule is CCOC(C)C(Cc1cccnc1N)NN. The molecule has 0 saturated carbocycles. The Bertz CT molecular complexity index is 319. The lowest BCUT2D eigenvalue weighted by Crippen LogP contribution is -2.45. The van der Waals surface area contributed by atoms with Gasteiger partial charge in [-0.15, -0.1) is 0 Å². The van der Waals surface area contributed by atoms with Gasteiger partial charge in [0.05, 0.1) is 12.1 Å². The van der Waals surface area contributed by atoms with E-state index in [1.165, 1.54) is 0 Å². The molecule has 0 aliphatic rings. The fourth-order valence-electron chi connectivity index (χ4n) is 1.60. The standard InChI is InChI=1S/C11H20N4O/c1-3-16-8(2)10(15-13)7-9-5-4-6-14-11(9)12/h4-6,8,10,15H,3,7,13H2,1-2H3,(H2,12,14). The van der Waals surface area contributed by atoms with Crippen LogP contribution in [0.3, 0.4) is 0 Å². The van der Waals surface area contributed by atoms with E-state index in [0.29, 0.717) is 18.8 Å². The predicted molar refractivity (Wildman–Crippen MR) is 64.6 cm³/mol. The van der Waals surface area contributed by atoms with E-state index in [1.54, 1.807) is 6.20 Å². The molecule has 0 spiro atoms. The number of nitrogens with one attached hydrogen (secondary N) is 1. The van der Waals surface area contributed by atoms with Gasteiger partial charge in [0.25, 0.3) is 0 Å². The molecule has 2 atom stereocenters. The van der Waals surface area contributed by atoms with Crippen LogP contribution in [0.1, 0.15) is 19.4 Å². The number of pyridine rings is 1. The van der Waals surface area contributed by atoms with E-state index < -0.39 is 0 Å². The highest BCUT2D eigenvalue weighted by Gasteiger charge is 2.17. The number of rotatable bonds is 6. The summed E-state index contributed by atoms with van der Waals surface area (Å²) in [4.78, 5) is 4.04. The van der Waals surface area contributed by atoms with E-state index in [0.717, 1.165) is 5.56 Å². The Balaban J connectivity index is 2.66. The smallest absolute Gasteiger partial charge is 0.126 e. The first-order chi connectivity index (χ1) is 7.69. The minimum atomic E-state index is 0.0337. The Morgan fingerprint density at radius 3 is 2.88 bits per heavy atom. The normalized spacial score (nSPS) is 14.7. The molecular formula is C11H20N4O. The van der Waals surface area contributed by atoms with Crippen molar-refractivity contribution < 1.29 is 4.74 Å². The molecule has 1 aromatic rings. The highest BCUT2D eigenvalue weighted by Crippen LogP contribution is 2.12. The number of nitrogens with two attached hydrogens (primary N) is 2. The second kappa shape index (κ2) is 6.42. The van der Waals surface area contributed by atoms with Crippen molar-refractivity contribution in [3.63, 3.8) is 0 Å². The zero-order valence-corrected chi connectivity index (χ0v) is 9.81. The Kier molecular flexibility index (Phi) is 5.18. The van der Waals surface area contributed by atoms with Crippen LogP contribution in [0.4, 0.5) is 5.82 Å². The van der Waals surface area contributed by atoms with Crippen LogP contribution >= 0.6 is 0 Å². The second-order valence-corrected chi connectivity index (χ2v) is 3.69. The molecule has 90 valence electrons. The maximum atomic E-state index is 5.78. The predicted octanol–water partition coefficient (Wildman–Crippen LogP) is 0.463. The fraction of sp³-hybridized carbons (Fsp3) is 0.545. The highest BCUT2D eigenvalue weighted by molar-refractivity contribution is 5.38. The van der Waals surface area contributed by atoms with E-state index in [4.69, 9.17) is 16.3 Å². The lowest BCUT2D eigenvalue weighted by Gasteiger charge is -2.23. The summed E-state index contributed by atoms with van der Waals surface area (Å²) >= 11 is 0. The first kappa shape index (κ1) is 12.9. The third-order valence-corrected chi connectivity index (χ3v) is 2.58. The number of nitrogen functional groups attached to an aromatic ring is 1. The van der Waals surface area contributed by atoms with Gasteiger partial charge >= 0.3 is 0 Å². The molecule has 0 aromatic carbocycles. The summed E-state index contributed by atoms with van der Waals surface area (Å²) in [6.07, 6.45) is 2.42. The molecule has 1 aromatic heterocycles. The average molecular weight is 224 g/mol. The Morgan fingerprint density at radius 1 is 1.56 bits per heavy atom. The molecule has 2 unspecified atom stereocenters. The fourth-order valence-corrected chi connectivity index (χ4v) is 1.60. The van der Waals surface area contributed by atoms with Crippen molar-refractivity contribution in [2.75, 3.05) is 12.3 Å². The lowest BCUT2D eigenvalue weighted by molar-refractivity contribution is 0.0476. The first-order valence-corrected chi connectivity index (χ1v) is 5.46. The number of hydrogen-bond acceptors (Lipinski definition) is 5. The van der Waals surface area contributed by atoms with Gasteiger partial charge in [-0.2, -0.15) is 0 Å². The van der Waals surface area contributed by atoms with Crippen molar-refractivity contribution in [3.05, 3.63) is 23.9 Å². The van der Waals surface area contributed by atoms with Crippen molar-refractivity contribution in [1.29, 1.82) is 0 Å². The lowest BCUT2D eigenvalue weighted by atomic mass is 10.0. The molecule has 0 aliphatic carbocycles. The van der Waals surface area contributed by atoms with Crippen LogP contribution in [0.15, 0.2) is 18.3 Å². The van der Waals surface area contributed by atoms with Gasteiger partial charge in [0.2, 0.25) is 0 Å². The van der Waals surface area contributed by atoms with Crippen LogP contribution in [0.25, 0.3) is 0 Å². The third kappa shape index (κ3) is 3.44. The maximum absolute atomic E-state index is 5.78. The zero-order valence-electron chi connectivity index (χ0n) is 9.81. The van der Waals surface area contributed by atoms with Crippen molar-refractivity contribution in [3.8, 4) is 0 Å². The number of aromatic nitrogens is 1. The Hall–Kier alpha value is -1.17. The quantitative estimate of drug-likeness (QED) is 0.483. The van der Waals surface area contributed by atoms with Crippen molar-refractivity contribution in [2.24, 2.45) is 5.84 Å². The molecule has 0 fully saturated rings. The van der Waals surface area contributed by atoms with Crippen LogP contribution in [-0.4, -0.2) is 23.7 Å². The van der Waals surface area contributed by atoms with E-state index >= 15 is 0 Å². The summed E-state index contributed by atoms with van der Waals surface area (Å²) in [7, 11) is 0. The number of nitrogens with zero attached hydrogens (tertiary/aromatic N) is 1. The molecule has 0 aliphatic heterocycles. The highest BCUT2D eigenvalue weighted by atomic mass is 16.5. The summed E-state index contributed by atoms with van der Waals surface area (Å²) in [5, 5.41) is 0. The summed E-state index contributed by atoms with van der Waals surface area (Å²) in [6.45, 7) is 4.62. The monoisotopic (exact) mass is 224 g/mol. The van der Waals surface area contributed by atoms with Gasteiger partial charge in [0, 0.05) is 12.8 Å². The number of hydrogen-bond donors (Lipinski definition) is 3. The topological polar surface area (TPSA) is 86.2 Å². The molecular weight excluding hydrogens is 204 g/mol. The van der Waals surface area contributed by atoms with E-state index in [9.17, 15) is 0 Å². The third-order valence-electron chi connectivity index (χ3n) is 2.58. The largest absolute Gasteiger partial charge is 0.383 e. The van der Waals surface area contributed by atoms with Gasteiger partial charge in [0.15, 0.2) is 0 Å². The van der Waals surface area contributed by atoms with Crippen LogP contribution in [-0.2, 0) is 11.2 Å². The molecule has 0 radical (unpaired) electrons. The minimum absolute atomic E-state index is 0.0337. The Morgan fingerprint density at radius 2 is 2.31 bits per heavy atom. The molecule has 1 rings (SSSR count). The summed E-state index contributed by atoms with van der Waals surface area (Å²) < 4.78 is 5.50. The maximum Gasteiger partial charge on any atom is 0.126 e. The summed E-state index contributed by atoms with van der Waals surface area (Å²) in [5.41, 5.74) is 9.51. The van der Waals surface area contributed by atoms with Crippen molar-refractivity contribution in [2.45, 2.75) is 32.4 Å².